The third-order valence-corrected chi connectivity index (χ3v) is 9.15. The molecule has 0 unspecified atom stereocenters. The van der Waals surface area contributed by atoms with Crippen LogP contribution in [-0.2, 0) is 32.6 Å². The molecule has 3 rings (SSSR count). The van der Waals surface area contributed by atoms with Crippen molar-refractivity contribution in [1.29, 1.82) is 0 Å². The van der Waals surface area contributed by atoms with Crippen LogP contribution in [-0.4, -0.2) is 50.0 Å². The Morgan fingerprint density at radius 1 is 0.950 bits per heavy atom. The van der Waals surface area contributed by atoms with Crippen LogP contribution < -0.4 is 9.62 Å². The van der Waals surface area contributed by atoms with Crippen LogP contribution in [0.3, 0.4) is 0 Å². The highest BCUT2D eigenvalue weighted by molar-refractivity contribution is 9.10. The summed E-state index contributed by atoms with van der Waals surface area (Å²) in [5, 5.41) is 3.03. The van der Waals surface area contributed by atoms with Crippen LogP contribution in [0.1, 0.15) is 37.0 Å². The molecule has 3 aromatic rings. The van der Waals surface area contributed by atoms with Gasteiger partial charge in [-0.05, 0) is 67.3 Å². The summed E-state index contributed by atoms with van der Waals surface area (Å²) in [6.07, 6.45) is 2.08. The lowest BCUT2D eigenvalue weighted by Crippen LogP contribution is -2.54. The van der Waals surface area contributed by atoms with Crippen molar-refractivity contribution in [3.63, 3.8) is 0 Å². The van der Waals surface area contributed by atoms with Crippen molar-refractivity contribution in [3.05, 3.63) is 98.4 Å². The number of carbonyl (C=O) groups is 2. The molecule has 0 aliphatic rings. The molecule has 0 fully saturated rings. The molecule has 0 heterocycles. The van der Waals surface area contributed by atoms with Crippen molar-refractivity contribution in [2.24, 2.45) is 0 Å². The number of amides is 2. The van der Waals surface area contributed by atoms with E-state index in [9.17, 15) is 18.0 Å². The second-order valence-electron chi connectivity index (χ2n) is 9.88. The summed E-state index contributed by atoms with van der Waals surface area (Å²) < 4.78 is 28.6. The van der Waals surface area contributed by atoms with Crippen LogP contribution >= 0.6 is 31.9 Å². The molecule has 0 aliphatic heterocycles. The molecule has 3 aromatic carbocycles. The van der Waals surface area contributed by atoms with Crippen molar-refractivity contribution in [1.82, 2.24) is 10.2 Å². The van der Waals surface area contributed by atoms with Gasteiger partial charge in [0.05, 0.1) is 11.9 Å². The van der Waals surface area contributed by atoms with Crippen molar-refractivity contribution < 1.29 is 18.0 Å². The van der Waals surface area contributed by atoms with E-state index in [2.05, 4.69) is 37.2 Å². The minimum absolute atomic E-state index is 0.0909. The highest BCUT2D eigenvalue weighted by atomic mass is 79.9. The Morgan fingerprint density at radius 2 is 1.62 bits per heavy atom. The number of aryl methyl sites for hydroxylation is 1. The highest BCUT2D eigenvalue weighted by Crippen LogP contribution is 2.26. The van der Waals surface area contributed by atoms with E-state index in [1.54, 1.807) is 18.2 Å². The molecular weight excluding hydrogens is 658 g/mol. The zero-order chi connectivity index (χ0) is 29.4. The predicted octanol–water partition coefficient (Wildman–Crippen LogP) is 5.84. The van der Waals surface area contributed by atoms with Crippen LogP contribution in [0, 0.1) is 6.92 Å². The molecule has 0 aromatic heterocycles. The fourth-order valence-corrected chi connectivity index (χ4v) is 5.76. The van der Waals surface area contributed by atoms with Gasteiger partial charge < -0.3 is 10.2 Å². The molecule has 7 nitrogen and oxygen atoms in total. The minimum atomic E-state index is -3.82. The normalized spacial score (nSPS) is 12.8. The molecule has 2 atom stereocenters. The van der Waals surface area contributed by atoms with Crippen molar-refractivity contribution in [3.8, 4) is 0 Å². The number of carbonyl (C=O) groups excluding carboxylic acids is 2. The summed E-state index contributed by atoms with van der Waals surface area (Å²) in [4.78, 5) is 29.3. The number of anilines is 1. The van der Waals surface area contributed by atoms with Gasteiger partial charge in [0.2, 0.25) is 21.8 Å². The summed E-state index contributed by atoms with van der Waals surface area (Å²) in [6.45, 7) is 5.42. The second kappa shape index (κ2) is 14.3. The molecule has 0 aliphatic carbocycles. The van der Waals surface area contributed by atoms with E-state index in [0.717, 1.165) is 42.6 Å². The molecule has 0 radical (unpaired) electrons. The first kappa shape index (κ1) is 31.8. The topological polar surface area (TPSA) is 86.8 Å². The number of nitrogens with zero attached hydrogens (tertiary/aromatic N) is 2. The lowest BCUT2D eigenvalue weighted by atomic mass is 10.0. The summed E-state index contributed by atoms with van der Waals surface area (Å²) >= 11 is 6.93. The molecule has 40 heavy (non-hydrogen) atoms. The van der Waals surface area contributed by atoms with E-state index in [1.165, 1.54) is 4.90 Å². The number of hydrogen-bond donors (Lipinski definition) is 1. The van der Waals surface area contributed by atoms with Gasteiger partial charge in [-0.25, -0.2) is 8.42 Å². The maximum Gasteiger partial charge on any atom is 0.244 e. The first-order chi connectivity index (χ1) is 18.9. The van der Waals surface area contributed by atoms with Gasteiger partial charge in [-0.15, -0.1) is 0 Å². The Labute approximate surface area is 254 Å². The molecule has 0 bridgehead atoms. The van der Waals surface area contributed by atoms with Crippen LogP contribution in [0.25, 0.3) is 0 Å². The predicted molar refractivity (Wildman–Crippen MR) is 168 cm³/mol. The van der Waals surface area contributed by atoms with Crippen LogP contribution in [0.15, 0.2) is 81.7 Å². The lowest BCUT2D eigenvalue weighted by Gasteiger charge is -2.34. The van der Waals surface area contributed by atoms with E-state index < -0.39 is 28.5 Å². The van der Waals surface area contributed by atoms with Gasteiger partial charge in [0.1, 0.15) is 12.6 Å². The molecular formula is C30H35Br2N3O4S. The fourth-order valence-electron chi connectivity index (χ4n) is 4.22. The van der Waals surface area contributed by atoms with Gasteiger partial charge in [-0.1, -0.05) is 81.2 Å². The van der Waals surface area contributed by atoms with Gasteiger partial charge in [0.15, 0.2) is 0 Å². The minimum Gasteiger partial charge on any atom is -0.352 e. The maximum atomic E-state index is 14.1. The van der Waals surface area contributed by atoms with Crippen molar-refractivity contribution in [2.75, 3.05) is 17.1 Å². The number of benzene rings is 3. The SMILES string of the molecule is CC[C@@H](C)NC(=O)[C@H](Cc1ccccc1)N(Cc1cccc(Br)c1)C(=O)CN(c1ccc(Br)c(C)c1)S(C)(=O)=O. The van der Waals surface area contributed by atoms with E-state index in [-0.39, 0.29) is 24.9 Å². The summed E-state index contributed by atoms with van der Waals surface area (Å²) in [5.74, 6) is -0.766. The summed E-state index contributed by atoms with van der Waals surface area (Å²) in [6, 6.07) is 21.2. The number of nitrogens with one attached hydrogen (secondary N) is 1. The van der Waals surface area contributed by atoms with Crippen LogP contribution in [0.2, 0.25) is 0 Å². The Bertz CT molecular complexity index is 1430. The number of hydrogen-bond acceptors (Lipinski definition) is 4. The Hall–Kier alpha value is -2.69. The molecule has 10 heteroatoms. The standard InChI is InChI=1S/C30H35Br2N3O4S/c1-5-22(3)33-30(37)28(18-23-10-7-6-8-11-23)34(19-24-12-9-13-25(31)17-24)29(36)20-35(40(4,38)39)26-14-15-27(32)21(2)16-26/h6-17,22,28H,5,18-20H2,1-4H3,(H,33,37)/t22-,28+/m1/s1. The van der Waals surface area contributed by atoms with E-state index in [4.69, 9.17) is 0 Å². The van der Waals surface area contributed by atoms with Gasteiger partial charge >= 0.3 is 0 Å². The average Bonchev–Trinajstić information content (AvgIpc) is 2.90. The van der Waals surface area contributed by atoms with Gasteiger partial charge in [0, 0.05) is 28.0 Å². The summed E-state index contributed by atoms with van der Waals surface area (Å²) in [7, 11) is -3.82. The number of rotatable bonds is 12. The Morgan fingerprint density at radius 3 is 2.23 bits per heavy atom. The van der Waals surface area contributed by atoms with Gasteiger partial charge in [-0.2, -0.15) is 0 Å². The first-order valence-electron chi connectivity index (χ1n) is 13.0. The lowest BCUT2D eigenvalue weighted by molar-refractivity contribution is -0.140. The maximum absolute atomic E-state index is 14.1. The third kappa shape index (κ3) is 8.91. The monoisotopic (exact) mass is 691 g/mol. The molecule has 0 spiro atoms. The first-order valence-corrected chi connectivity index (χ1v) is 16.4. The van der Waals surface area contributed by atoms with Crippen molar-refractivity contribution in [2.45, 2.75) is 52.2 Å². The molecule has 1 N–H and O–H groups in total. The van der Waals surface area contributed by atoms with Gasteiger partial charge in [-0.3, -0.25) is 13.9 Å². The summed E-state index contributed by atoms with van der Waals surface area (Å²) in [5.41, 5.74) is 2.91. The Balaban J connectivity index is 2.07. The van der Waals surface area contributed by atoms with E-state index in [0.29, 0.717) is 5.69 Å². The quantitative estimate of drug-likeness (QED) is 0.259. The van der Waals surface area contributed by atoms with E-state index >= 15 is 0 Å². The van der Waals surface area contributed by atoms with Crippen molar-refractivity contribution >= 4 is 59.4 Å². The zero-order valence-electron chi connectivity index (χ0n) is 23.1. The molecule has 0 saturated carbocycles. The molecule has 214 valence electrons. The van der Waals surface area contributed by atoms with Gasteiger partial charge in [0.25, 0.3) is 0 Å². The van der Waals surface area contributed by atoms with E-state index in [1.807, 2.05) is 75.4 Å². The average molecular weight is 694 g/mol. The molecule has 0 saturated heterocycles. The number of sulfonamides is 1. The number of halogens is 2. The molecule has 2 amide bonds. The smallest absolute Gasteiger partial charge is 0.244 e. The highest BCUT2D eigenvalue weighted by Gasteiger charge is 2.33. The third-order valence-electron chi connectivity index (χ3n) is 6.62. The Kier molecular flexibility index (Phi) is 11.4. The zero-order valence-corrected chi connectivity index (χ0v) is 27.1. The second-order valence-corrected chi connectivity index (χ2v) is 13.6. The van der Waals surface area contributed by atoms with Crippen LogP contribution in [0.4, 0.5) is 5.69 Å². The fraction of sp³-hybridized carbons (Fsp3) is 0.333. The van der Waals surface area contributed by atoms with Crippen LogP contribution in [0.5, 0.6) is 0 Å². The largest absolute Gasteiger partial charge is 0.352 e.